The number of aromatic nitrogens is 2. The molecule has 1 aromatic carbocycles. The molecule has 1 heterocycles. The lowest BCUT2D eigenvalue weighted by Gasteiger charge is -2.04. The van der Waals surface area contributed by atoms with Crippen LogP contribution in [-0.2, 0) is 0 Å². The third-order valence-electron chi connectivity index (χ3n) is 2.06. The van der Waals surface area contributed by atoms with E-state index < -0.39 is 0 Å². The first-order valence-electron chi connectivity index (χ1n) is 4.35. The Bertz CT molecular complexity index is 488. The zero-order valence-corrected chi connectivity index (χ0v) is 10.4. The van der Waals surface area contributed by atoms with Crippen molar-refractivity contribution in [3.05, 3.63) is 39.6 Å². The summed E-state index contributed by atoms with van der Waals surface area (Å²) in [6.07, 6.45) is 1.77. The van der Waals surface area contributed by atoms with Crippen LogP contribution in [0.3, 0.4) is 0 Å². The van der Waals surface area contributed by atoms with Crippen LogP contribution in [-0.4, -0.2) is 9.78 Å². The summed E-state index contributed by atoms with van der Waals surface area (Å²) in [6, 6.07) is 5.55. The van der Waals surface area contributed by atoms with E-state index in [9.17, 15) is 0 Å². The summed E-state index contributed by atoms with van der Waals surface area (Å²) >= 11 is 9.37. The maximum Gasteiger partial charge on any atom is 0.0819 e. The standard InChI is InChI=1S/C10H9BrClN3/c1-6-9(12)5-15(14-6)10-3-2-7(13)4-8(10)11/h2-5H,13H2,1H3. The highest BCUT2D eigenvalue weighted by Crippen LogP contribution is 2.25. The van der Waals surface area contributed by atoms with Crippen LogP contribution < -0.4 is 5.73 Å². The van der Waals surface area contributed by atoms with Crippen LogP contribution in [0.5, 0.6) is 0 Å². The second kappa shape index (κ2) is 3.87. The van der Waals surface area contributed by atoms with Crippen molar-refractivity contribution in [3.63, 3.8) is 0 Å². The van der Waals surface area contributed by atoms with Crippen molar-refractivity contribution in [1.82, 2.24) is 9.78 Å². The third-order valence-corrected chi connectivity index (χ3v) is 3.06. The van der Waals surface area contributed by atoms with E-state index in [0.29, 0.717) is 10.7 Å². The Kier molecular flexibility index (Phi) is 2.71. The third kappa shape index (κ3) is 2.01. The van der Waals surface area contributed by atoms with Gasteiger partial charge in [-0.3, -0.25) is 0 Å². The number of aryl methyl sites for hydroxylation is 1. The number of rotatable bonds is 1. The SMILES string of the molecule is Cc1nn(-c2ccc(N)cc2Br)cc1Cl. The number of anilines is 1. The smallest absolute Gasteiger partial charge is 0.0819 e. The van der Waals surface area contributed by atoms with Crippen LogP contribution in [0.2, 0.25) is 5.02 Å². The Hall–Kier alpha value is -1.000. The van der Waals surface area contributed by atoms with Gasteiger partial charge in [-0.05, 0) is 41.1 Å². The van der Waals surface area contributed by atoms with Gasteiger partial charge in [-0.1, -0.05) is 11.6 Å². The van der Waals surface area contributed by atoms with Gasteiger partial charge < -0.3 is 5.73 Å². The van der Waals surface area contributed by atoms with Crippen LogP contribution in [0.4, 0.5) is 5.69 Å². The molecule has 78 valence electrons. The number of halogens is 2. The van der Waals surface area contributed by atoms with Gasteiger partial charge in [0.25, 0.3) is 0 Å². The Labute approximate surface area is 101 Å². The fourth-order valence-electron chi connectivity index (χ4n) is 1.27. The summed E-state index contributed by atoms with van der Waals surface area (Å²) in [6.45, 7) is 1.87. The number of hydrogen-bond donors (Lipinski definition) is 1. The Morgan fingerprint density at radius 1 is 1.47 bits per heavy atom. The van der Waals surface area contributed by atoms with E-state index in [1.54, 1.807) is 10.9 Å². The fraction of sp³-hybridized carbons (Fsp3) is 0.100. The first-order valence-corrected chi connectivity index (χ1v) is 5.52. The summed E-state index contributed by atoms with van der Waals surface area (Å²) in [5.74, 6) is 0. The number of nitrogens with zero attached hydrogens (tertiary/aromatic N) is 2. The van der Waals surface area contributed by atoms with Gasteiger partial charge in [-0.25, -0.2) is 4.68 Å². The van der Waals surface area contributed by atoms with E-state index in [-0.39, 0.29) is 0 Å². The molecule has 0 saturated heterocycles. The summed E-state index contributed by atoms with van der Waals surface area (Å²) in [7, 11) is 0. The highest BCUT2D eigenvalue weighted by Gasteiger charge is 2.07. The van der Waals surface area contributed by atoms with E-state index in [1.807, 2.05) is 25.1 Å². The van der Waals surface area contributed by atoms with Crippen molar-refractivity contribution in [2.45, 2.75) is 6.92 Å². The van der Waals surface area contributed by atoms with Crippen molar-refractivity contribution >= 4 is 33.2 Å². The van der Waals surface area contributed by atoms with Gasteiger partial charge in [0.15, 0.2) is 0 Å². The zero-order chi connectivity index (χ0) is 11.0. The minimum Gasteiger partial charge on any atom is -0.399 e. The van der Waals surface area contributed by atoms with Gasteiger partial charge in [0.05, 0.1) is 16.4 Å². The molecule has 2 aromatic rings. The summed E-state index contributed by atoms with van der Waals surface area (Å²) in [5, 5.41) is 4.94. The first-order chi connectivity index (χ1) is 7.08. The van der Waals surface area contributed by atoms with E-state index >= 15 is 0 Å². The average Bonchev–Trinajstić information content (AvgIpc) is 2.46. The molecule has 0 saturated carbocycles. The summed E-state index contributed by atoms with van der Waals surface area (Å²) in [5.41, 5.74) is 8.09. The van der Waals surface area contributed by atoms with Gasteiger partial charge in [-0.2, -0.15) is 5.10 Å². The van der Waals surface area contributed by atoms with Crippen LogP contribution >= 0.6 is 27.5 Å². The molecule has 0 aliphatic heterocycles. The van der Waals surface area contributed by atoms with Crippen LogP contribution in [0, 0.1) is 6.92 Å². The molecular formula is C10H9BrClN3. The zero-order valence-electron chi connectivity index (χ0n) is 8.04. The average molecular weight is 287 g/mol. The molecule has 0 fully saturated rings. The van der Waals surface area contributed by atoms with E-state index in [0.717, 1.165) is 15.9 Å². The molecule has 0 unspecified atom stereocenters. The molecule has 0 spiro atoms. The van der Waals surface area contributed by atoms with Crippen molar-refractivity contribution in [1.29, 1.82) is 0 Å². The van der Waals surface area contributed by atoms with Crippen LogP contribution in [0.25, 0.3) is 5.69 Å². The van der Waals surface area contributed by atoms with E-state index in [1.165, 1.54) is 0 Å². The van der Waals surface area contributed by atoms with Crippen molar-refractivity contribution in [2.75, 3.05) is 5.73 Å². The van der Waals surface area contributed by atoms with Crippen LogP contribution in [0.15, 0.2) is 28.9 Å². The molecule has 5 heteroatoms. The maximum atomic E-state index is 5.94. The number of hydrogen-bond acceptors (Lipinski definition) is 2. The lowest BCUT2D eigenvalue weighted by atomic mass is 10.3. The molecule has 0 aliphatic carbocycles. The van der Waals surface area contributed by atoms with Gasteiger partial charge >= 0.3 is 0 Å². The molecule has 0 radical (unpaired) electrons. The van der Waals surface area contributed by atoms with E-state index in [4.69, 9.17) is 17.3 Å². The van der Waals surface area contributed by atoms with Gasteiger partial charge in [0, 0.05) is 16.4 Å². The number of nitrogen functional groups attached to an aromatic ring is 1. The molecule has 0 aliphatic rings. The summed E-state index contributed by atoms with van der Waals surface area (Å²) < 4.78 is 2.61. The number of benzene rings is 1. The molecule has 0 amide bonds. The predicted octanol–water partition coefficient (Wildman–Crippen LogP) is 3.18. The quantitative estimate of drug-likeness (QED) is 0.818. The van der Waals surface area contributed by atoms with Gasteiger partial charge in [0.2, 0.25) is 0 Å². The molecule has 2 N–H and O–H groups in total. The van der Waals surface area contributed by atoms with Gasteiger partial charge in [-0.15, -0.1) is 0 Å². The Morgan fingerprint density at radius 3 is 2.73 bits per heavy atom. The fourth-order valence-corrected chi connectivity index (χ4v) is 1.98. The van der Waals surface area contributed by atoms with E-state index in [2.05, 4.69) is 21.0 Å². The molecule has 2 rings (SSSR count). The molecular weight excluding hydrogens is 277 g/mol. The second-order valence-corrected chi connectivity index (χ2v) is 4.48. The molecule has 15 heavy (non-hydrogen) atoms. The second-order valence-electron chi connectivity index (χ2n) is 3.22. The normalized spacial score (nSPS) is 10.6. The monoisotopic (exact) mass is 285 g/mol. The first kappa shape index (κ1) is 10.5. The maximum absolute atomic E-state index is 5.94. The molecule has 3 nitrogen and oxygen atoms in total. The topological polar surface area (TPSA) is 43.8 Å². The minimum atomic E-state index is 0.652. The largest absolute Gasteiger partial charge is 0.399 e. The number of nitrogens with two attached hydrogens (primary N) is 1. The van der Waals surface area contributed by atoms with Crippen molar-refractivity contribution in [3.8, 4) is 5.69 Å². The highest BCUT2D eigenvalue weighted by atomic mass is 79.9. The Morgan fingerprint density at radius 2 is 2.20 bits per heavy atom. The molecule has 0 bridgehead atoms. The lowest BCUT2D eigenvalue weighted by Crippen LogP contribution is -1.97. The summed E-state index contributed by atoms with van der Waals surface area (Å²) in [4.78, 5) is 0. The van der Waals surface area contributed by atoms with Crippen LogP contribution in [0.1, 0.15) is 5.69 Å². The lowest BCUT2D eigenvalue weighted by molar-refractivity contribution is 0.859. The molecule has 0 atom stereocenters. The van der Waals surface area contributed by atoms with Crippen molar-refractivity contribution < 1.29 is 0 Å². The predicted molar refractivity (Wildman–Crippen MR) is 65.4 cm³/mol. The van der Waals surface area contributed by atoms with Crippen molar-refractivity contribution in [2.24, 2.45) is 0 Å². The molecule has 1 aromatic heterocycles. The van der Waals surface area contributed by atoms with Gasteiger partial charge in [0.1, 0.15) is 0 Å². The highest BCUT2D eigenvalue weighted by molar-refractivity contribution is 9.10. The minimum absolute atomic E-state index is 0.652. The Balaban J connectivity index is 2.54.